The van der Waals surface area contributed by atoms with Crippen LogP contribution in [0.15, 0.2) is 12.2 Å². The number of hydrogen-bond acceptors (Lipinski definition) is 1. The predicted octanol–water partition coefficient (Wildman–Crippen LogP) is 8.08. The number of aliphatic hydroxyl groups is 1. The normalized spacial score (nSPS) is 32.1. The highest BCUT2D eigenvalue weighted by Gasteiger charge is 2.57. The van der Waals surface area contributed by atoms with Gasteiger partial charge in [0.25, 0.3) is 0 Å². The zero-order valence-corrected chi connectivity index (χ0v) is 19.1. The van der Waals surface area contributed by atoms with Gasteiger partial charge in [-0.1, -0.05) is 59.1 Å². The van der Waals surface area contributed by atoms with Crippen molar-refractivity contribution in [2.24, 2.45) is 34.5 Å². The van der Waals surface area contributed by atoms with Gasteiger partial charge in [0, 0.05) is 0 Å². The average molecular weight is 457 g/mol. The van der Waals surface area contributed by atoms with Crippen molar-refractivity contribution >= 4 is 0 Å². The molecule has 0 spiro atoms. The molecule has 0 heterocycles. The van der Waals surface area contributed by atoms with E-state index in [4.69, 9.17) is 0 Å². The Morgan fingerprint density at radius 2 is 1.65 bits per heavy atom. The second-order valence-corrected chi connectivity index (χ2v) is 10.8. The summed E-state index contributed by atoms with van der Waals surface area (Å²) in [4.78, 5) is 0. The van der Waals surface area contributed by atoms with E-state index in [1.54, 1.807) is 0 Å². The second-order valence-electron chi connectivity index (χ2n) is 10.8. The summed E-state index contributed by atoms with van der Waals surface area (Å²) in [5.41, 5.74) is -0.515. The van der Waals surface area contributed by atoms with Gasteiger partial charge in [-0.15, -0.1) is 0 Å². The second kappa shape index (κ2) is 9.64. The van der Waals surface area contributed by atoms with Gasteiger partial charge in [0.05, 0.1) is 6.10 Å². The summed E-state index contributed by atoms with van der Waals surface area (Å²) in [6.07, 6.45) is -2.42. The zero-order chi connectivity index (χ0) is 23.7. The fourth-order valence-electron chi connectivity index (χ4n) is 6.50. The van der Waals surface area contributed by atoms with Crippen LogP contribution >= 0.6 is 0 Å². The van der Waals surface area contributed by atoms with E-state index in [0.29, 0.717) is 12.0 Å². The molecule has 2 fully saturated rings. The number of halogens is 6. The average Bonchev–Trinajstić information content (AvgIpc) is 2.95. The molecular formula is C24H38F6O. The van der Waals surface area contributed by atoms with Crippen LogP contribution in [-0.2, 0) is 0 Å². The maximum Gasteiger partial charge on any atom is 0.403 e. The summed E-state index contributed by atoms with van der Waals surface area (Å²) in [6.45, 7) is 8.43. The molecule has 0 aliphatic heterocycles. The number of aliphatic hydroxyl groups excluding tert-OH is 1. The Hall–Kier alpha value is -0.720. The van der Waals surface area contributed by atoms with Gasteiger partial charge in [-0.05, 0) is 67.1 Å². The van der Waals surface area contributed by atoms with Gasteiger partial charge in [0.2, 0.25) is 0 Å². The fourth-order valence-corrected chi connectivity index (χ4v) is 6.50. The monoisotopic (exact) mass is 456 g/mol. The molecule has 0 saturated heterocycles. The first-order valence-electron chi connectivity index (χ1n) is 11.6. The molecule has 0 amide bonds. The van der Waals surface area contributed by atoms with Gasteiger partial charge in [0.15, 0.2) is 5.92 Å². The lowest BCUT2D eigenvalue weighted by molar-refractivity contribution is -0.267. The number of alkyl halides is 6. The van der Waals surface area contributed by atoms with Gasteiger partial charge in [0.1, 0.15) is 0 Å². The third-order valence-electron chi connectivity index (χ3n) is 8.08. The maximum atomic E-state index is 13.0. The molecule has 0 aromatic rings. The Balaban J connectivity index is 2.27. The largest absolute Gasteiger partial charge is 0.403 e. The Bertz CT molecular complexity index is 596. The number of hydrogen-bond donors (Lipinski definition) is 1. The van der Waals surface area contributed by atoms with E-state index in [0.717, 1.165) is 57.4 Å². The summed E-state index contributed by atoms with van der Waals surface area (Å²) in [6, 6.07) is 0. The Labute approximate surface area is 182 Å². The molecule has 2 aliphatic carbocycles. The third-order valence-corrected chi connectivity index (χ3v) is 8.08. The minimum Gasteiger partial charge on any atom is -0.393 e. The predicted molar refractivity (Wildman–Crippen MR) is 110 cm³/mol. The van der Waals surface area contributed by atoms with Crippen LogP contribution < -0.4 is 0 Å². The molecule has 2 aliphatic rings. The van der Waals surface area contributed by atoms with Gasteiger partial charge in [-0.3, -0.25) is 0 Å². The summed E-state index contributed by atoms with van der Waals surface area (Å²) < 4.78 is 77.7. The van der Waals surface area contributed by atoms with Gasteiger partial charge in [-0.25, -0.2) is 0 Å². The summed E-state index contributed by atoms with van der Waals surface area (Å²) in [5.74, 6) is -2.60. The topological polar surface area (TPSA) is 20.2 Å². The van der Waals surface area contributed by atoms with Gasteiger partial charge < -0.3 is 5.11 Å². The molecule has 1 N–H and O–H groups in total. The van der Waals surface area contributed by atoms with Crippen LogP contribution in [0.3, 0.4) is 0 Å². The number of fused-ring (bicyclic) bond motifs is 1. The third kappa shape index (κ3) is 6.20. The summed E-state index contributed by atoms with van der Waals surface area (Å²) in [7, 11) is 0. The van der Waals surface area contributed by atoms with Crippen LogP contribution in [0.5, 0.6) is 0 Å². The van der Waals surface area contributed by atoms with Crippen molar-refractivity contribution in [2.75, 3.05) is 0 Å². The highest BCUT2D eigenvalue weighted by atomic mass is 19.4. The van der Waals surface area contributed by atoms with Gasteiger partial charge >= 0.3 is 12.4 Å². The van der Waals surface area contributed by atoms with E-state index < -0.39 is 23.7 Å². The van der Waals surface area contributed by atoms with E-state index in [2.05, 4.69) is 20.8 Å². The maximum absolute atomic E-state index is 13.0. The van der Waals surface area contributed by atoms with Crippen LogP contribution in [0.2, 0.25) is 0 Å². The first kappa shape index (κ1) is 26.5. The first-order chi connectivity index (χ1) is 14.1. The minimum absolute atomic E-state index is 0.120. The van der Waals surface area contributed by atoms with E-state index >= 15 is 0 Å². The zero-order valence-electron chi connectivity index (χ0n) is 19.1. The SMILES string of the molecule is CC(C)CCC[C@](C)(C/C=C\C(C(F)(F)F)C(F)(F)F)[C@H]1CC[C@H]2[C@@H](O)CCC[C@]12C. The van der Waals surface area contributed by atoms with Gasteiger partial charge in [-0.2, -0.15) is 26.3 Å². The van der Waals surface area contributed by atoms with Crippen molar-refractivity contribution in [3.8, 4) is 0 Å². The molecule has 0 unspecified atom stereocenters. The lowest BCUT2D eigenvalue weighted by Gasteiger charge is -2.50. The molecule has 7 heteroatoms. The van der Waals surface area contributed by atoms with E-state index in [1.807, 2.05) is 6.92 Å². The van der Waals surface area contributed by atoms with Crippen molar-refractivity contribution in [1.29, 1.82) is 0 Å². The molecule has 0 aromatic heterocycles. The van der Waals surface area contributed by atoms with Crippen molar-refractivity contribution in [3.63, 3.8) is 0 Å². The van der Waals surface area contributed by atoms with E-state index in [1.165, 1.54) is 0 Å². The highest BCUT2D eigenvalue weighted by molar-refractivity contribution is 5.08. The molecule has 0 bridgehead atoms. The number of allylic oxidation sites excluding steroid dienone is 2. The van der Waals surface area contributed by atoms with E-state index in [9.17, 15) is 31.4 Å². The Morgan fingerprint density at radius 1 is 1.03 bits per heavy atom. The molecule has 0 aromatic carbocycles. The van der Waals surface area contributed by atoms with Crippen molar-refractivity contribution in [1.82, 2.24) is 0 Å². The first-order valence-corrected chi connectivity index (χ1v) is 11.6. The molecule has 182 valence electrons. The number of rotatable bonds is 8. The molecular weight excluding hydrogens is 418 g/mol. The quantitative estimate of drug-likeness (QED) is 0.289. The van der Waals surface area contributed by atoms with Crippen molar-refractivity contribution < 1.29 is 31.4 Å². The molecule has 5 atom stereocenters. The van der Waals surface area contributed by atoms with E-state index in [-0.39, 0.29) is 29.8 Å². The lowest BCUT2D eigenvalue weighted by Crippen LogP contribution is -2.45. The smallest absolute Gasteiger partial charge is 0.393 e. The minimum atomic E-state index is -5.35. The van der Waals surface area contributed by atoms with Crippen molar-refractivity contribution in [3.05, 3.63) is 12.2 Å². The lowest BCUT2D eigenvalue weighted by atomic mass is 9.56. The Kier molecular flexibility index (Phi) is 8.25. The molecule has 2 saturated carbocycles. The summed E-state index contributed by atoms with van der Waals surface area (Å²) in [5, 5.41) is 10.5. The van der Waals surface area contributed by atoms with Crippen LogP contribution in [-0.4, -0.2) is 23.6 Å². The van der Waals surface area contributed by atoms with Crippen LogP contribution in [0.25, 0.3) is 0 Å². The molecule has 0 radical (unpaired) electrons. The standard InChI is InChI=1S/C24H38F6O/c1-16(2)8-5-13-21(3,14-7-10-20(23(25,26)27)24(28,29)30)19-12-11-17-18(31)9-6-15-22(17,19)4/h7,10,16-20,31H,5-6,8-9,11-15H2,1-4H3/b10-7-/t17-,18-,19+,21+,22-/m0/s1. The van der Waals surface area contributed by atoms with Crippen LogP contribution in [0.4, 0.5) is 26.3 Å². The fraction of sp³-hybridized carbons (Fsp3) is 0.917. The van der Waals surface area contributed by atoms with Crippen LogP contribution in [0, 0.1) is 34.5 Å². The van der Waals surface area contributed by atoms with Crippen LogP contribution in [0.1, 0.15) is 85.5 Å². The van der Waals surface area contributed by atoms with Crippen molar-refractivity contribution in [2.45, 2.75) is 104 Å². The Morgan fingerprint density at radius 3 is 2.19 bits per heavy atom. The summed E-state index contributed by atoms with van der Waals surface area (Å²) >= 11 is 0. The molecule has 31 heavy (non-hydrogen) atoms. The molecule has 2 rings (SSSR count). The molecule has 1 nitrogen and oxygen atoms in total. The highest BCUT2D eigenvalue weighted by Crippen LogP contribution is 2.62.